The van der Waals surface area contributed by atoms with Gasteiger partial charge in [-0.05, 0) is 50.4 Å². The average Bonchev–Trinajstić information content (AvgIpc) is 2.42. The van der Waals surface area contributed by atoms with Gasteiger partial charge in [-0.2, -0.15) is 0 Å². The molecule has 0 aliphatic rings. The first-order valence-electron chi connectivity index (χ1n) is 8.86. The molecular formula is C18H38O3. The molecule has 3 nitrogen and oxygen atoms in total. The molecule has 0 atom stereocenters. The van der Waals surface area contributed by atoms with Crippen LogP contribution in [0.15, 0.2) is 0 Å². The van der Waals surface area contributed by atoms with E-state index < -0.39 is 0 Å². The van der Waals surface area contributed by atoms with Gasteiger partial charge >= 0.3 is 0 Å². The third-order valence-corrected chi connectivity index (χ3v) is 3.29. The highest BCUT2D eigenvalue weighted by Crippen LogP contribution is 2.04. The van der Waals surface area contributed by atoms with E-state index in [-0.39, 0.29) is 0 Å². The zero-order valence-corrected chi connectivity index (χ0v) is 14.9. The topological polar surface area (TPSA) is 27.7 Å². The Morgan fingerprint density at radius 3 is 1.05 bits per heavy atom. The van der Waals surface area contributed by atoms with Gasteiger partial charge in [0, 0.05) is 39.6 Å². The van der Waals surface area contributed by atoms with Crippen molar-refractivity contribution in [2.24, 2.45) is 11.8 Å². The Labute approximate surface area is 132 Å². The normalized spacial score (nSPS) is 11.7. The summed E-state index contributed by atoms with van der Waals surface area (Å²) in [6.07, 6.45) is 6.86. The Kier molecular flexibility index (Phi) is 16.2. The van der Waals surface area contributed by atoms with E-state index in [4.69, 9.17) is 14.2 Å². The van der Waals surface area contributed by atoms with Crippen molar-refractivity contribution in [3.05, 3.63) is 0 Å². The maximum absolute atomic E-state index is 5.57. The molecule has 3 heteroatoms. The molecule has 0 fully saturated rings. The zero-order chi connectivity index (χ0) is 15.8. The van der Waals surface area contributed by atoms with E-state index in [2.05, 4.69) is 27.7 Å². The highest BCUT2D eigenvalue weighted by Gasteiger charge is 1.96. The van der Waals surface area contributed by atoms with Crippen molar-refractivity contribution < 1.29 is 14.2 Å². The van der Waals surface area contributed by atoms with E-state index in [1.807, 2.05) is 0 Å². The van der Waals surface area contributed by atoms with E-state index >= 15 is 0 Å². The second kappa shape index (κ2) is 16.3. The van der Waals surface area contributed by atoms with Crippen LogP contribution in [0.1, 0.15) is 66.2 Å². The van der Waals surface area contributed by atoms with Gasteiger partial charge in [0.1, 0.15) is 0 Å². The van der Waals surface area contributed by atoms with Crippen molar-refractivity contribution in [2.75, 3.05) is 39.6 Å². The van der Waals surface area contributed by atoms with Crippen molar-refractivity contribution in [2.45, 2.75) is 66.2 Å². The third-order valence-electron chi connectivity index (χ3n) is 3.29. The summed E-state index contributed by atoms with van der Waals surface area (Å²) < 4.78 is 16.7. The van der Waals surface area contributed by atoms with Gasteiger partial charge in [0.25, 0.3) is 0 Å². The lowest BCUT2D eigenvalue weighted by Gasteiger charge is -2.08. The minimum Gasteiger partial charge on any atom is -0.381 e. The van der Waals surface area contributed by atoms with Crippen molar-refractivity contribution in [3.8, 4) is 0 Å². The summed E-state index contributed by atoms with van der Waals surface area (Å²) in [6, 6.07) is 0. The van der Waals surface area contributed by atoms with Crippen LogP contribution in [0.3, 0.4) is 0 Å². The van der Waals surface area contributed by atoms with E-state index in [0.717, 1.165) is 64.3 Å². The summed E-state index contributed by atoms with van der Waals surface area (Å²) in [4.78, 5) is 0. The molecule has 21 heavy (non-hydrogen) atoms. The van der Waals surface area contributed by atoms with Crippen LogP contribution in [0.2, 0.25) is 0 Å². The second-order valence-electron chi connectivity index (χ2n) is 6.62. The molecule has 128 valence electrons. The zero-order valence-electron chi connectivity index (χ0n) is 14.9. The van der Waals surface area contributed by atoms with E-state index in [9.17, 15) is 0 Å². The van der Waals surface area contributed by atoms with Crippen LogP contribution in [-0.2, 0) is 14.2 Å². The molecule has 0 bridgehead atoms. The van der Waals surface area contributed by atoms with Gasteiger partial charge in [0.2, 0.25) is 0 Å². The maximum Gasteiger partial charge on any atom is 0.0488 e. The lowest BCUT2D eigenvalue weighted by molar-refractivity contribution is 0.0612. The lowest BCUT2D eigenvalue weighted by Crippen LogP contribution is -2.06. The highest BCUT2D eigenvalue weighted by atomic mass is 16.5. The fraction of sp³-hybridized carbons (Fsp3) is 1.00. The van der Waals surface area contributed by atoms with Crippen LogP contribution >= 0.6 is 0 Å². The fourth-order valence-corrected chi connectivity index (χ4v) is 2.02. The lowest BCUT2D eigenvalue weighted by atomic mass is 10.1. The SMILES string of the molecule is CC(C)CCCOCCCOCCCOCCCC(C)C. The van der Waals surface area contributed by atoms with Gasteiger partial charge in [-0.1, -0.05) is 27.7 Å². The van der Waals surface area contributed by atoms with Gasteiger partial charge in [-0.3, -0.25) is 0 Å². The Morgan fingerprint density at radius 2 is 0.762 bits per heavy atom. The molecule has 0 aromatic carbocycles. The van der Waals surface area contributed by atoms with E-state index in [0.29, 0.717) is 0 Å². The average molecular weight is 302 g/mol. The van der Waals surface area contributed by atoms with Crippen LogP contribution in [0.25, 0.3) is 0 Å². The van der Waals surface area contributed by atoms with E-state index in [1.54, 1.807) is 0 Å². The Hall–Kier alpha value is -0.120. The number of hydrogen-bond donors (Lipinski definition) is 0. The van der Waals surface area contributed by atoms with Crippen LogP contribution in [0, 0.1) is 11.8 Å². The molecule has 0 aliphatic heterocycles. The standard InChI is InChI=1S/C18H38O3/c1-17(2)9-5-11-19-13-7-15-21-16-8-14-20-12-6-10-18(3)4/h17-18H,5-16H2,1-4H3. The molecule has 0 saturated carbocycles. The maximum atomic E-state index is 5.57. The Balaban J connectivity index is 2.96. The number of hydrogen-bond acceptors (Lipinski definition) is 3. The predicted molar refractivity (Wildman–Crippen MR) is 89.8 cm³/mol. The van der Waals surface area contributed by atoms with E-state index in [1.165, 1.54) is 25.7 Å². The van der Waals surface area contributed by atoms with Crippen LogP contribution in [-0.4, -0.2) is 39.6 Å². The summed E-state index contributed by atoms with van der Waals surface area (Å²) in [5.74, 6) is 1.56. The summed E-state index contributed by atoms with van der Waals surface area (Å²) in [7, 11) is 0. The molecule has 0 N–H and O–H groups in total. The first kappa shape index (κ1) is 20.9. The largest absolute Gasteiger partial charge is 0.381 e. The van der Waals surface area contributed by atoms with Gasteiger partial charge < -0.3 is 14.2 Å². The first-order valence-corrected chi connectivity index (χ1v) is 8.86. The van der Waals surface area contributed by atoms with Crippen molar-refractivity contribution in [3.63, 3.8) is 0 Å². The molecule has 0 amide bonds. The molecule has 0 aromatic heterocycles. The van der Waals surface area contributed by atoms with Crippen molar-refractivity contribution in [1.29, 1.82) is 0 Å². The number of rotatable bonds is 16. The van der Waals surface area contributed by atoms with Gasteiger partial charge in [0.15, 0.2) is 0 Å². The molecule has 0 aromatic rings. The smallest absolute Gasteiger partial charge is 0.0488 e. The van der Waals surface area contributed by atoms with Crippen LogP contribution in [0.5, 0.6) is 0 Å². The summed E-state index contributed by atoms with van der Waals surface area (Å²) in [6.45, 7) is 14.0. The van der Waals surface area contributed by atoms with Crippen LogP contribution in [0.4, 0.5) is 0 Å². The molecular weight excluding hydrogens is 264 g/mol. The summed E-state index contributed by atoms with van der Waals surface area (Å²) in [5.41, 5.74) is 0. The monoisotopic (exact) mass is 302 g/mol. The molecule has 0 radical (unpaired) electrons. The molecule has 0 aliphatic carbocycles. The van der Waals surface area contributed by atoms with Crippen LogP contribution < -0.4 is 0 Å². The van der Waals surface area contributed by atoms with Gasteiger partial charge in [-0.25, -0.2) is 0 Å². The van der Waals surface area contributed by atoms with Crippen molar-refractivity contribution >= 4 is 0 Å². The second-order valence-corrected chi connectivity index (χ2v) is 6.62. The first-order chi connectivity index (χ1) is 10.1. The third kappa shape index (κ3) is 19.9. The summed E-state index contributed by atoms with van der Waals surface area (Å²) in [5, 5.41) is 0. The Bertz CT molecular complexity index is 173. The van der Waals surface area contributed by atoms with Gasteiger partial charge in [-0.15, -0.1) is 0 Å². The quantitative estimate of drug-likeness (QED) is 0.387. The molecule has 0 spiro atoms. The minimum absolute atomic E-state index is 0.782. The molecule has 0 saturated heterocycles. The van der Waals surface area contributed by atoms with Gasteiger partial charge in [0.05, 0.1) is 0 Å². The highest BCUT2D eigenvalue weighted by molar-refractivity contribution is 4.46. The Morgan fingerprint density at radius 1 is 0.476 bits per heavy atom. The summed E-state index contributed by atoms with van der Waals surface area (Å²) >= 11 is 0. The van der Waals surface area contributed by atoms with Crippen molar-refractivity contribution in [1.82, 2.24) is 0 Å². The number of ether oxygens (including phenoxy) is 3. The minimum atomic E-state index is 0.782. The fourth-order valence-electron chi connectivity index (χ4n) is 2.02. The molecule has 0 heterocycles. The molecule has 0 rings (SSSR count). The molecule has 0 unspecified atom stereocenters. The predicted octanol–water partition coefficient (Wildman–Crippen LogP) is 4.69.